The van der Waals surface area contributed by atoms with Crippen molar-refractivity contribution in [2.45, 2.75) is 38.8 Å². The van der Waals surface area contributed by atoms with Crippen LogP contribution in [0.4, 0.5) is 5.69 Å². The van der Waals surface area contributed by atoms with Crippen molar-refractivity contribution in [3.8, 4) is 0 Å². The molecule has 1 rings (SSSR count). The lowest BCUT2D eigenvalue weighted by atomic mass is 10.1. The van der Waals surface area contributed by atoms with Crippen LogP contribution < -0.4 is 10.2 Å². The summed E-state index contributed by atoms with van der Waals surface area (Å²) in [5, 5.41) is 12.3. The molecular weight excluding hydrogens is 240 g/mol. The summed E-state index contributed by atoms with van der Waals surface area (Å²) in [6.45, 7) is 3.99. The topological polar surface area (TPSA) is 52.6 Å². The largest absolute Gasteiger partial charge is 0.480 e. The standard InChI is InChI=1S/C15H24N2O2/c1-5-6-14(15(18)19)16-11(2)12-7-9-13(10-8-12)17(3)4/h7-11,14,16H,5-6H2,1-4H3,(H,18,19). The highest BCUT2D eigenvalue weighted by atomic mass is 16.4. The van der Waals surface area contributed by atoms with E-state index >= 15 is 0 Å². The molecule has 2 atom stereocenters. The van der Waals surface area contributed by atoms with Gasteiger partial charge in [-0.3, -0.25) is 10.1 Å². The number of carboxylic acid groups (broad SMARTS) is 1. The summed E-state index contributed by atoms with van der Waals surface area (Å²) in [4.78, 5) is 13.2. The summed E-state index contributed by atoms with van der Waals surface area (Å²) in [5.74, 6) is -0.779. The number of hydrogen-bond donors (Lipinski definition) is 2. The van der Waals surface area contributed by atoms with Crippen LogP contribution >= 0.6 is 0 Å². The molecule has 0 amide bonds. The third-order valence-corrected chi connectivity index (χ3v) is 3.24. The van der Waals surface area contributed by atoms with Crippen LogP contribution in [0.15, 0.2) is 24.3 Å². The lowest BCUT2D eigenvalue weighted by molar-refractivity contribution is -0.139. The number of benzene rings is 1. The second kappa shape index (κ2) is 7.14. The second-order valence-electron chi connectivity index (χ2n) is 5.05. The number of nitrogens with zero attached hydrogens (tertiary/aromatic N) is 1. The SMILES string of the molecule is CCCC(NC(C)c1ccc(N(C)C)cc1)C(=O)O. The maximum atomic E-state index is 11.1. The van der Waals surface area contributed by atoms with Crippen molar-refractivity contribution >= 4 is 11.7 Å². The number of nitrogens with one attached hydrogen (secondary N) is 1. The average molecular weight is 264 g/mol. The first-order chi connectivity index (χ1) is 8.95. The van der Waals surface area contributed by atoms with Gasteiger partial charge in [0.15, 0.2) is 0 Å². The Bertz CT molecular complexity index is 401. The van der Waals surface area contributed by atoms with Gasteiger partial charge in [0.2, 0.25) is 0 Å². The van der Waals surface area contributed by atoms with Crippen molar-refractivity contribution < 1.29 is 9.90 Å². The summed E-state index contributed by atoms with van der Waals surface area (Å²) >= 11 is 0. The van der Waals surface area contributed by atoms with Gasteiger partial charge < -0.3 is 10.0 Å². The lowest BCUT2D eigenvalue weighted by Gasteiger charge is -2.21. The van der Waals surface area contributed by atoms with E-state index in [4.69, 9.17) is 5.11 Å². The van der Waals surface area contributed by atoms with Crippen LogP contribution in [-0.4, -0.2) is 31.2 Å². The number of carbonyl (C=O) groups is 1. The minimum atomic E-state index is -0.779. The van der Waals surface area contributed by atoms with Crippen LogP contribution in [0.3, 0.4) is 0 Å². The molecule has 0 aliphatic heterocycles. The molecule has 0 saturated heterocycles. The molecule has 0 fully saturated rings. The molecule has 1 aromatic rings. The van der Waals surface area contributed by atoms with Crippen LogP contribution in [-0.2, 0) is 4.79 Å². The number of hydrogen-bond acceptors (Lipinski definition) is 3. The van der Waals surface area contributed by atoms with Gasteiger partial charge in [-0.2, -0.15) is 0 Å². The van der Waals surface area contributed by atoms with Crippen molar-refractivity contribution in [3.63, 3.8) is 0 Å². The molecule has 0 heterocycles. The van der Waals surface area contributed by atoms with E-state index in [1.165, 1.54) is 0 Å². The molecule has 2 N–H and O–H groups in total. The van der Waals surface area contributed by atoms with Crippen molar-refractivity contribution in [2.75, 3.05) is 19.0 Å². The summed E-state index contributed by atoms with van der Waals surface area (Å²) in [6.07, 6.45) is 1.51. The lowest BCUT2D eigenvalue weighted by Crippen LogP contribution is -2.38. The highest BCUT2D eigenvalue weighted by Crippen LogP contribution is 2.18. The molecule has 0 aliphatic carbocycles. The molecule has 2 unspecified atom stereocenters. The Morgan fingerprint density at radius 3 is 2.32 bits per heavy atom. The van der Waals surface area contributed by atoms with E-state index < -0.39 is 12.0 Å². The van der Waals surface area contributed by atoms with E-state index in [1.54, 1.807) is 0 Å². The fraction of sp³-hybridized carbons (Fsp3) is 0.533. The molecule has 0 radical (unpaired) electrons. The molecule has 0 aromatic heterocycles. The molecule has 4 nitrogen and oxygen atoms in total. The van der Waals surface area contributed by atoms with Gasteiger partial charge in [-0.25, -0.2) is 0 Å². The van der Waals surface area contributed by atoms with Crippen LogP contribution in [0.5, 0.6) is 0 Å². The zero-order chi connectivity index (χ0) is 14.4. The van der Waals surface area contributed by atoms with E-state index in [0.29, 0.717) is 6.42 Å². The van der Waals surface area contributed by atoms with Crippen molar-refractivity contribution in [3.05, 3.63) is 29.8 Å². The minimum Gasteiger partial charge on any atom is -0.480 e. The first kappa shape index (κ1) is 15.5. The summed E-state index contributed by atoms with van der Waals surface area (Å²) in [7, 11) is 4.00. The molecule has 19 heavy (non-hydrogen) atoms. The number of rotatable bonds is 7. The fourth-order valence-corrected chi connectivity index (χ4v) is 2.03. The Hall–Kier alpha value is -1.55. The molecule has 106 valence electrons. The van der Waals surface area contributed by atoms with Gasteiger partial charge in [0.1, 0.15) is 6.04 Å². The Balaban J connectivity index is 2.71. The highest BCUT2D eigenvalue weighted by molar-refractivity contribution is 5.73. The van der Waals surface area contributed by atoms with E-state index in [-0.39, 0.29) is 6.04 Å². The van der Waals surface area contributed by atoms with Gasteiger partial charge in [0, 0.05) is 25.8 Å². The zero-order valence-corrected chi connectivity index (χ0v) is 12.2. The van der Waals surface area contributed by atoms with Crippen molar-refractivity contribution in [1.82, 2.24) is 5.32 Å². The van der Waals surface area contributed by atoms with Gasteiger partial charge in [-0.1, -0.05) is 25.5 Å². The maximum absolute atomic E-state index is 11.1. The number of aliphatic carboxylic acids is 1. The van der Waals surface area contributed by atoms with Gasteiger partial charge in [0.25, 0.3) is 0 Å². The predicted molar refractivity (Wildman–Crippen MR) is 78.7 cm³/mol. The third kappa shape index (κ3) is 4.56. The highest BCUT2D eigenvalue weighted by Gasteiger charge is 2.19. The maximum Gasteiger partial charge on any atom is 0.320 e. The summed E-state index contributed by atoms with van der Waals surface area (Å²) in [5.41, 5.74) is 2.24. The smallest absolute Gasteiger partial charge is 0.320 e. The number of anilines is 1. The van der Waals surface area contributed by atoms with Crippen LogP contribution in [0.25, 0.3) is 0 Å². The van der Waals surface area contributed by atoms with Gasteiger partial charge in [0.05, 0.1) is 0 Å². The first-order valence-corrected chi connectivity index (χ1v) is 6.71. The summed E-state index contributed by atoms with van der Waals surface area (Å²) in [6, 6.07) is 7.72. The van der Waals surface area contributed by atoms with Gasteiger partial charge >= 0.3 is 5.97 Å². The summed E-state index contributed by atoms with van der Waals surface area (Å²) < 4.78 is 0. The molecule has 0 spiro atoms. The Morgan fingerprint density at radius 2 is 1.89 bits per heavy atom. The van der Waals surface area contributed by atoms with Crippen molar-refractivity contribution in [2.24, 2.45) is 0 Å². The second-order valence-corrected chi connectivity index (χ2v) is 5.05. The third-order valence-electron chi connectivity index (χ3n) is 3.24. The van der Waals surface area contributed by atoms with E-state index in [1.807, 2.05) is 57.1 Å². The molecule has 0 bridgehead atoms. The van der Waals surface area contributed by atoms with Crippen LogP contribution in [0.1, 0.15) is 38.3 Å². The van der Waals surface area contributed by atoms with E-state index in [2.05, 4.69) is 5.32 Å². The molecule has 0 saturated carbocycles. The Labute approximate surface area is 115 Å². The van der Waals surface area contributed by atoms with Gasteiger partial charge in [-0.15, -0.1) is 0 Å². The molecule has 4 heteroatoms. The predicted octanol–water partition coefficient (Wildman–Crippen LogP) is 2.66. The Morgan fingerprint density at radius 1 is 1.32 bits per heavy atom. The van der Waals surface area contributed by atoms with Crippen LogP contribution in [0.2, 0.25) is 0 Å². The normalized spacial score (nSPS) is 13.9. The monoisotopic (exact) mass is 264 g/mol. The average Bonchev–Trinajstić information content (AvgIpc) is 2.38. The quantitative estimate of drug-likeness (QED) is 0.795. The first-order valence-electron chi connectivity index (χ1n) is 6.71. The van der Waals surface area contributed by atoms with E-state index in [0.717, 1.165) is 17.7 Å². The van der Waals surface area contributed by atoms with Gasteiger partial charge in [-0.05, 0) is 31.0 Å². The van der Waals surface area contributed by atoms with E-state index in [9.17, 15) is 4.79 Å². The zero-order valence-electron chi connectivity index (χ0n) is 12.2. The fourth-order valence-electron chi connectivity index (χ4n) is 2.03. The number of carboxylic acids is 1. The molecular formula is C15H24N2O2. The van der Waals surface area contributed by atoms with Crippen LogP contribution in [0, 0.1) is 0 Å². The molecule has 0 aliphatic rings. The Kier molecular flexibility index (Phi) is 5.83. The molecule has 1 aromatic carbocycles. The van der Waals surface area contributed by atoms with Crippen molar-refractivity contribution in [1.29, 1.82) is 0 Å². The minimum absolute atomic E-state index is 0.0314.